The number of likely N-dealkylation sites (tertiary alicyclic amines) is 1. The van der Waals surface area contributed by atoms with E-state index in [1.165, 1.54) is 35.2 Å². The van der Waals surface area contributed by atoms with E-state index in [1.54, 1.807) is 0 Å². The van der Waals surface area contributed by atoms with Crippen LogP contribution in [0, 0.1) is 11.6 Å². The fourth-order valence-electron chi connectivity index (χ4n) is 2.62. The first-order valence-electron chi connectivity index (χ1n) is 7.49. The Kier molecular flexibility index (Phi) is 4.79. The molecule has 0 radical (unpaired) electrons. The monoisotopic (exact) mass is 385 g/mol. The number of nitrogens with zero attached hydrogens (tertiary/aromatic N) is 1. The van der Waals surface area contributed by atoms with Crippen molar-refractivity contribution in [2.24, 2.45) is 0 Å². The van der Waals surface area contributed by atoms with Gasteiger partial charge in [0.2, 0.25) is 5.91 Å². The highest BCUT2D eigenvalue weighted by atomic mass is 35.5. The number of amides is 1. The molecule has 1 aliphatic rings. The second-order valence-electron chi connectivity index (χ2n) is 5.80. The van der Waals surface area contributed by atoms with Crippen molar-refractivity contribution in [2.45, 2.75) is 16.6 Å². The lowest BCUT2D eigenvalue weighted by molar-refractivity contribution is -0.133. The van der Waals surface area contributed by atoms with Crippen LogP contribution in [0.5, 0.6) is 0 Å². The van der Waals surface area contributed by atoms with Crippen LogP contribution in [0.15, 0.2) is 47.4 Å². The molecule has 0 aromatic heterocycles. The molecule has 0 unspecified atom stereocenters. The van der Waals surface area contributed by atoms with Crippen LogP contribution >= 0.6 is 11.6 Å². The summed E-state index contributed by atoms with van der Waals surface area (Å²) >= 11 is 5.90. The fourth-order valence-corrected chi connectivity index (χ4v) is 4.50. The van der Waals surface area contributed by atoms with Crippen molar-refractivity contribution in [1.29, 1.82) is 0 Å². The number of carbonyl (C=O) groups is 1. The fraction of sp³-hybridized carbons (Fsp3) is 0.235. The van der Waals surface area contributed by atoms with Crippen LogP contribution in [0.25, 0.3) is 0 Å². The molecule has 0 saturated carbocycles. The van der Waals surface area contributed by atoms with E-state index >= 15 is 0 Å². The van der Waals surface area contributed by atoms with Gasteiger partial charge in [-0.2, -0.15) is 0 Å². The largest absolute Gasteiger partial charge is 0.340 e. The average Bonchev–Trinajstić information content (AvgIpc) is 2.50. The maximum atomic E-state index is 13.7. The lowest BCUT2D eigenvalue weighted by Crippen LogP contribution is -2.57. The summed E-state index contributed by atoms with van der Waals surface area (Å²) in [5.74, 6) is -1.49. The number of carbonyl (C=O) groups excluding carboxylic acids is 1. The van der Waals surface area contributed by atoms with E-state index in [2.05, 4.69) is 0 Å². The molecule has 25 heavy (non-hydrogen) atoms. The van der Waals surface area contributed by atoms with Crippen LogP contribution in [-0.2, 0) is 21.1 Å². The van der Waals surface area contributed by atoms with Gasteiger partial charge in [-0.05, 0) is 36.4 Å². The quantitative estimate of drug-likeness (QED) is 0.760. The Bertz CT molecular complexity index is 890. The molecule has 1 amide bonds. The van der Waals surface area contributed by atoms with E-state index in [0.717, 1.165) is 12.1 Å². The van der Waals surface area contributed by atoms with Crippen molar-refractivity contribution in [2.75, 3.05) is 13.1 Å². The zero-order valence-corrected chi connectivity index (χ0v) is 14.5. The minimum absolute atomic E-state index is 0.0168. The maximum absolute atomic E-state index is 13.7. The lowest BCUT2D eigenvalue weighted by Gasteiger charge is -2.38. The lowest BCUT2D eigenvalue weighted by atomic mass is 10.1. The highest BCUT2D eigenvalue weighted by molar-refractivity contribution is 7.92. The minimum atomic E-state index is -3.64. The third-order valence-corrected chi connectivity index (χ3v) is 6.63. The van der Waals surface area contributed by atoms with E-state index < -0.39 is 32.6 Å². The number of benzene rings is 2. The van der Waals surface area contributed by atoms with Gasteiger partial charge in [-0.15, -0.1) is 0 Å². The molecule has 1 fully saturated rings. The van der Waals surface area contributed by atoms with Crippen molar-refractivity contribution in [1.82, 2.24) is 4.90 Å². The van der Waals surface area contributed by atoms with Gasteiger partial charge in [0.05, 0.1) is 11.3 Å². The van der Waals surface area contributed by atoms with Gasteiger partial charge in [0, 0.05) is 23.7 Å². The smallest absolute Gasteiger partial charge is 0.227 e. The minimum Gasteiger partial charge on any atom is -0.340 e. The van der Waals surface area contributed by atoms with Gasteiger partial charge < -0.3 is 4.90 Å². The van der Waals surface area contributed by atoms with Crippen molar-refractivity contribution in [3.8, 4) is 0 Å². The standard InChI is InChI=1S/C17H14ClF2NO3S/c18-15-2-1-3-16(20)14(15)8-17(22)21-9-13(10-21)25(23,24)12-6-4-11(19)5-7-12/h1-7,13H,8-10H2. The third-order valence-electron chi connectivity index (χ3n) is 4.17. The molecule has 4 nitrogen and oxygen atoms in total. The van der Waals surface area contributed by atoms with E-state index in [0.29, 0.717) is 0 Å². The summed E-state index contributed by atoms with van der Waals surface area (Å²) in [6.07, 6.45) is -0.227. The summed E-state index contributed by atoms with van der Waals surface area (Å²) < 4.78 is 51.5. The van der Waals surface area contributed by atoms with Gasteiger partial charge in [0.1, 0.15) is 16.9 Å². The van der Waals surface area contributed by atoms with E-state index in [1.807, 2.05) is 0 Å². The Labute approximate surface area is 148 Å². The van der Waals surface area contributed by atoms with Crippen molar-refractivity contribution < 1.29 is 22.0 Å². The molecule has 0 aliphatic carbocycles. The van der Waals surface area contributed by atoms with Crippen LogP contribution in [0.4, 0.5) is 8.78 Å². The molecule has 0 spiro atoms. The molecule has 2 aromatic carbocycles. The average molecular weight is 386 g/mol. The SMILES string of the molecule is O=C(Cc1c(F)cccc1Cl)N1CC(S(=O)(=O)c2ccc(F)cc2)C1. The molecule has 8 heteroatoms. The summed E-state index contributed by atoms with van der Waals surface area (Å²) in [5, 5.41) is -0.595. The van der Waals surface area contributed by atoms with Gasteiger partial charge in [-0.1, -0.05) is 17.7 Å². The first-order chi connectivity index (χ1) is 11.8. The van der Waals surface area contributed by atoms with Gasteiger partial charge in [-0.3, -0.25) is 4.79 Å². The predicted molar refractivity (Wildman–Crippen MR) is 89.1 cm³/mol. The molecule has 3 rings (SSSR count). The Morgan fingerprint density at radius 2 is 1.76 bits per heavy atom. The van der Waals surface area contributed by atoms with Crippen LogP contribution in [-0.4, -0.2) is 37.6 Å². The first kappa shape index (κ1) is 17.8. The highest BCUT2D eigenvalue weighted by Gasteiger charge is 2.40. The van der Waals surface area contributed by atoms with Gasteiger partial charge in [0.15, 0.2) is 9.84 Å². The van der Waals surface area contributed by atoms with Crippen molar-refractivity contribution in [3.63, 3.8) is 0 Å². The Morgan fingerprint density at radius 1 is 1.12 bits per heavy atom. The van der Waals surface area contributed by atoms with Gasteiger partial charge in [0.25, 0.3) is 0 Å². The zero-order chi connectivity index (χ0) is 18.2. The van der Waals surface area contributed by atoms with Gasteiger partial charge >= 0.3 is 0 Å². The molecule has 1 aliphatic heterocycles. The summed E-state index contributed by atoms with van der Waals surface area (Å²) in [4.78, 5) is 13.6. The number of hydrogen-bond acceptors (Lipinski definition) is 3. The number of halogens is 3. The van der Waals surface area contributed by atoms with Crippen LogP contribution in [0.1, 0.15) is 5.56 Å². The normalized spacial score (nSPS) is 15.1. The maximum Gasteiger partial charge on any atom is 0.227 e. The summed E-state index contributed by atoms with van der Waals surface area (Å²) in [5.41, 5.74) is 0.0963. The summed E-state index contributed by atoms with van der Waals surface area (Å²) in [6.45, 7) is 0.0369. The van der Waals surface area contributed by atoms with E-state index in [-0.39, 0.29) is 35.0 Å². The number of rotatable bonds is 4. The molecule has 0 bridgehead atoms. The van der Waals surface area contributed by atoms with Crippen LogP contribution < -0.4 is 0 Å². The molecule has 1 saturated heterocycles. The predicted octanol–water partition coefficient (Wildman–Crippen LogP) is 2.85. The Morgan fingerprint density at radius 3 is 2.36 bits per heavy atom. The third kappa shape index (κ3) is 3.52. The summed E-state index contributed by atoms with van der Waals surface area (Å²) in [7, 11) is -3.64. The molecule has 1 heterocycles. The second kappa shape index (κ2) is 6.72. The molecule has 0 N–H and O–H groups in total. The van der Waals surface area contributed by atoms with Gasteiger partial charge in [-0.25, -0.2) is 17.2 Å². The van der Waals surface area contributed by atoms with Crippen molar-refractivity contribution in [3.05, 3.63) is 64.7 Å². The molecular weight excluding hydrogens is 372 g/mol. The summed E-state index contributed by atoms with van der Waals surface area (Å²) in [6, 6.07) is 8.71. The van der Waals surface area contributed by atoms with Crippen LogP contribution in [0.3, 0.4) is 0 Å². The highest BCUT2D eigenvalue weighted by Crippen LogP contribution is 2.26. The Balaban J connectivity index is 1.66. The molecule has 2 aromatic rings. The van der Waals surface area contributed by atoms with E-state index in [9.17, 15) is 22.0 Å². The Hall–Kier alpha value is -1.99. The zero-order valence-electron chi connectivity index (χ0n) is 13.0. The number of sulfone groups is 1. The second-order valence-corrected chi connectivity index (χ2v) is 8.43. The van der Waals surface area contributed by atoms with E-state index in [4.69, 9.17) is 11.6 Å². The van der Waals surface area contributed by atoms with Crippen molar-refractivity contribution >= 4 is 27.3 Å². The topological polar surface area (TPSA) is 54.5 Å². The molecular formula is C17H14ClF2NO3S. The number of hydrogen-bond donors (Lipinski definition) is 0. The molecule has 0 atom stereocenters. The van der Waals surface area contributed by atoms with Crippen LogP contribution in [0.2, 0.25) is 5.02 Å². The molecule has 132 valence electrons. The first-order valence-corrected chi connectivity index (χ1v) is 9.41.